The van der Waals surface area contributed by atoms with Crippen LogP contribution < -0.4 is 15.8 Å². The third-order valence-corrected chi connectivity index (χ3v) is 3.17. The Morgan fingerprint density at radius 3 is 2.95 bits per heavy atom. The first-order chi connectivity index (χ1) is 9.19. The molecule has 0 aliphatic heterocycles. The first kappa shape index (κ1) is 13.7. The van der Waals surface area contributed by atoms with E-state index in [0.29, 0.717) is 12.5 Å². The molecule has 1 fully saturated rings. The quantitative estimate of drug-likeness (QED) is 0.609. The van der Waals surface area contributed by atoms with E-state index in [1.54, 1.807) is 0 Å². The van der Waals surface area contributed by atoms with Gasteiger partial charge in [-0.3, -0.25) is 0 Å². The highest BCUT2D eigenvalue weighted by Gasteiger charge is 2.22. The summed E-state index contributed by atoms with van der Waals surface area (Å²) in [5.41, 5.74) is 8.04. The van der Waals surface area contributed by atoms with E-state index >= 15 is 0 Å². The molecule has 0 heterocycles. The molecule has 3 N–H and O–H groups in total. The second-order valence-electron chi connectivity index (χ2n) is 5.10. The van der Waals surface area contributed by atoms with Crippen LogP contribution in [-0.4, -0.2) is 19.1 Å². The van der Waals surface area contributed by atoms with Crippen LogP contribution in [0.1, 0.15) is 30.9 Å². The maximum atomic E-state index is 5.90. The predicted molar refractivity (Wildman–Crippen MR) is 78.4 cm³/mol. The summed E-state index contributed by atoms with van der Waals surface area (Å²) in [5, 5.41) is 2.99. The van der Waals surface area contributed by atoms with Gasteiger partial charge in [-0.05, 0) is 44.2 Å². The highest BCUT2D eigenvalue weighted by atomic mass is 16.5. The van der Waals surface area contributed by atoms with Gasteiger partial charge in [0, 0.05) is 12.1 Å². The first-order valence-electron chi connectivity index (χ1n) is 6.95. The molecule has 0 unspecified atom stereocenters. The fraction of sp³-hybridized carbons (Fsp3) is 0.533. The minimum absolute atomic E-state index is 0.483. The molecular formula is C15H23N3O. The number of rotatable bonds is 6. The predicted octanol–water partition coefficient (Wildman–Crippen LogP) is 2.21. The largest absolute Gasteiger partial charge is 0.493 e. The van der Waals surface area contributed by atoms with E-state index in [1.165, 1.54) is 18.4 Å². The zero-order valence-electron chi connectivity index (χ0n) is 11.8. The number of guanidine groups is 1. The van der Waals surface area contributed by atoms with Gasteiger partial charge in [0.2, 0.25) is 0 Å². The molecule has 1 aliphatic rings. The fourth-order valence-corrected chi connectivity index (χ4v) is 1.83. The second kappa shape index (κ2) is 6.45. The topological polar surface area (TPSA) is 59.6 Å². The SMILES string of the molecule is CCNC(N)=NCc1ccc(C)cc1OCC1CC1. The summed E-state index contributed by atoms with van der Waals surface area (Å²) >= 11 is 0. The molecular weight excluding hydrogens is 238 g/mol. The molecule has 0 spiro atoms. The van der Waals surface area contributed by atoms with Gasteiger partial charge < -0.3 is 15.8 Å². The second-order valence-corrected chi connectivity index (χ2v) is 5.10. The van der Waals surface area contributed by atoms with Crippen molar-refractivity contribution in [3.8, 4) is 5.75 Å². The summed E-state index contributed by atoms with van der Waals surface area (Å²) < 4.78 is 5.90. The fourth-order valence-electron chi connectivity index (χ4n) is 1.83. The molecule has 1 saturated carbocycles. The monoisotopic (exact) mass is 261 g/mol. The van der Waals surface area contributed by atoms with Gasteiger partial charge in [0.15, 0.2) is 5.96 Å². The summed E-state index contributed by atoms with van der Waals surface area (Å²) in [4.78, 5) is 4.32. The van der Waals surface area contributed by atoms with Crippen LogP contribution in [0.4, 0.5) is 0 Å². The summed E-state index contributed by atoms with van der Waals surface area (Å²) in [5.74, 6) is 2.18. The molecule has 2 rings (SSSR count). The van der Waals surface area contributed by atoms with E-state index < -0.39 is 0 Å². The first-order valence-corrected chi connectivity index (χ1v) is 6.95. The lowest BCUT2D eigenvalue weighted by molar-refractivity contribution is 0.296. The molecule has 1 aliphatic carbocycles. The Kier molecular flexibility index (Phi) is 4.66. The Labute approximate surface area is 115 Å². The van der Waals surface area contributed by atoms with E-state index in [-0.39, 0.29) is 0 Å². The van der Waals surface area contributed by atoms with Gasteiger partial charge in [0.05, 0.1) is 13.2 Å². The number of nitrogens with one attached hydrogen (secondary N) is 1. The summed E-state index contributed by atoms with van der Waals surface area (Å²) in [6.45, 7) is 6.23. The van der Waals surface area contributed by atoms with Crippen LogP contribution in [0.3, 0.4) is 0 Å². The molecule has 0 radical (unpaired) electrons. The number of aliphatic imine (C=N–C) groups is 1. The highest BCUT2D eigenvalue weighted by Crippen LogP contribution is 2.30. The number of nitrogens with zero attached hydrogens (tertiary/aromatic N) is 1. The van der Waals surface area contributed by atoms with Crippen LogP contribution >= 0.6 is 0 Å². The average Bonchev–Trinajstić information content (AvgIpc) is 3.19. The van der Waals surface area contributed by atoms with Crippen molar-refractivity contribution in [2.75, 3.05) is 13.2 Å². The van der Waals surface area contributed by atoms with Crippen LogP contribution in [0, 0.1) is 12.8 Å². The van der Waals surface area contributed by atoms with Crippen LogP contribution in [0.15, 0.2) is 23.2 Å². The minimum atomic E-state index is 0.483. The van der Waals surface area contributed by atoms with Crippen molar-refractivity contribution >= 4 is 5.96 Å². The maximum absolute atomic E-state index is 5.90. The number of ether oxygens (including phenoxy) is 1. The molecule has 0 aromatic heterocycles. The van der Waals surface area contributed by atoms with Crippen LogP contribution in [0.25, 0.3) is 0 Å². The summed E-state index contributed by atoms with van der Waals surface area (Å²) in [6.07, 6.45) is 2.60. The lowest BCUT2D eigenvalue weighted by Crippen LogP contribution is -2.31. The number of benzene rings is 1. The van der Waals surface area contributed by atoms with Gasteiger partial charge in [-0.15, -0.1) is 0 Å². The molecule has 0 bridgehead atoms. The van der Waals surface area contributed by atoms with E-state index in [4.69, 9.17) is 10.5 Å². The van der Waals surface area contributed by atoms with E-state index in [0.717, 1.165) is 30.4 Å². The molecule has 4 heteroatoms. The van der Waals surface area contributed by atoms with Crippen molar-refractivity contribution in [2.45, 2.75) is 33.2 Å². The van der Waals surface area contributed by atoms with Gasteiger partial charge in [-0.1, -0.05) is 12.1 Å². The van der Waals surface area contributed by atoms with E-state index in [2.05, 4.69) is 35.4 Å². The Hall–Kier alpha value is -1.71. The molecule has 0 saturated heterocycles. The Morgan fingerprint density at radius 1 is 1.47 bits per heavy atom. The third kappa shape index (κ3) is 4.47. The minimum Gasteiger partial charge on any atom is -0.493 e. The number of aryl methyl sites for hydroxylation is 1. The van der Waals surface area contributed by atoms with Crippen LogP contribution in [-0.2, 0) is 6.54 Å². The van der Waals surface area contributed by atoms with Crippen molar-refractivity contribution in [3.05, 3.63) is 29.3 Å². The standard InChI is InChI=1S/C15H23N3O/c1-3-17-15(16)18-9-13-7-4-11(2)8-14(13)19-10-12-5-6-12/h4,7-8,12H,3,5-6,9-10H2,1-2H3,(H3,16,17,18). The molecule has 0 amide bonds. The molecule has 0 atom stereocenters. The third-order valence-electron chi connectivity index (χ3n) is 3.17. The zero-order chi connectivity index (χ0) is 13.7. The van der Waals surface area contributed by atoms with Crippen molar-refractivity contribution < 1.29 is 4.74 Å². The number of nitrogens with two attached hydrogens (primary N) is 1. The van der Waals surface area contributed by atoms with Crippen molar-refractivity contribution in [3.63, 3.8) is 0 Å². The van der Waals surface area contributed by atoms with Crippen molar-refractivity contribution in [1.82, 2.24) is 5.32 Å². The zero-order valence-corrected chi connectivity index (χ0v) is 11.8. The average molecular weight is 261 g/mol. The summed E-state index contributed by atoms with van der Waals surface area (Å²) in [6, 6.07) is 6.23. The molecule has 1 aromatic rings. The van der Waals surface area contributed by atoms with Crippen molar-refractivity contribution in [2.24, 2.45) is 16.6 Å². The lowest BCUT2D eigenvalue weighted by Gasteiger charge is -2.11. The van der Waals surface area contributed by atoms with Gasteiger partial charge >= 0.3 is 0 Å². The molecule has 1 aromatic carbocycles. The Bertz CT molecular complexity index is 453. The molecule has 104 valence electrons. The molecule has 4 nitrogen and oxygen atoms in total. The van der Waals surface area contributed by atoms with E-state index in [1.807, 2.05) is 6.92 Å². The molecule has 19 heavy (non-hydrogen) atoms. The normalized spacial score (nSPS) is 15.4. The van der Waals surface area contributed by atoms with Crippen molar-refractivity contribution in [1.29, 1.82) is 0 Å². The lowest BCUT2D eigenvalue weighted by atomic mass is 10.1. The van der Waals surface area contributed by atoms with Gasteiger partial charge in [0.25, 0.3) is 0 Å². The Balaban J connectivity index is 2.02. The van der Waals surface area contributed by atoms with Crippen LogP contribution in [0.5, 0.6) is 5.75 Å². The smallest absolute Gasteiger partial charge is 0.188 e. The Morgan fingerprint density at radius 2 is 2.26 bits per heavy atom. The van der Waals surface area contributed by atoms with Gasteiger partial charge in [0.1, 0.15) is 5.75 Å². The summed E-state index contributed by atoms with van der Waals surface area (Å²) in [7, 11) is 0. The van der Waals surface area contributed by atoms with Gasteiger partial charge in [-0.25, -0.2) is 4.99 Å². The number of hydrogen-bond donors (Lipinski definition) is 2. The maximum Gasteiger partial charge on any atom is 0.188 e. The number of hydrogen-bond acceptors (Lipinski definition) is 2. The van der Waals surface area contributed by atoms with E-state index in [9.17, 15) is 0 Å². The van der Waals surface area contributed by atoms with Crippen LogP contribution in [0.2, 0.25) is 0 Å². The van der Waals surface area contributed by atoms with Gasteiger partial charge in [-0.2, -0.15) is 0 Å². The highest BCUT2D eigenvalue weighted by molar-refractivity contribution is 5.77.